The van der Waals surface area contributed by atoms with Gasteiger partial charge in [-0.25, -0.2) is 0 Å². The van der Waals surface area contributed by atoms with E-state index in [1.807, 2.05) is 0 Å². The number of tetrazole rings is 1. The molecule has 1 atom stereocenters. The molecular weight excluding hydrogens is 212 g/mol. The fourth-order valence-electron chi connectivity index (χ4n) is 1.22. The molecule has 0 aliphatic carbocycles. The molecule has 0 fully saturated rings. The Labute approximate surface area is 91.2 Å². The second kappa shape index (κ2) is 4.81. The molecule has 8 nitrogen and oxygen atoms in total. The van der Waals surface area contributed by atoms with E-state index in [9.17, 15) is 5.11 Å². The minimum absolute atomic E-state index is 0.278. The van der Waals surface area contributed by atoms with Crippen LogP contribution in [-0.2, 0) is 4.74 Å². The zero-order valence-corrected chi connectivity index (χ0v) is 8.74. The first-order valence-electron chi connectivity index (χ1n) is 4.76. The number of aliphatic hydroxyl groups is 1. The van der Waals surface area contributed by atoms with Crippen molar-refractivity contribution in [3.63, 3.8) is 0 Å². The number of aromatic nitrogens is 5. The predicted octanol–water partition coefficient (Wildman–Crippen LogP) is -1.06. The van der Waals surface area contributed by atoms with Gasteiger partial charge < -0.3 is 15.2 Å². The van der Waals surface area contributed by atoms with Gasteiger partial charge in [0.15, 0.2) is 5.65 Å². The van der Waals surface area contributed by atoms with Crippen molar-refractivity contribution in [2.75, 3.05) is 25.6 Å². The van der Waals surface area contributed by atoms with Gasteiger partial charge in [0.05, 0.1) is 12.7 Å². The highest BCUT2D eigenvalue weighted by Crippen LogP contribution is 2.02. The molecule has 2 rings (SSSR count). The molecule has 0 aliphatic heterocycles. The number of hydrogen-bond acceptors (Lipinski definition) is 7. The van der Waals surface area contributed by atoms with Gasteiger partial charge in [-0.05, 0) is 22.6 Å². The highest BCUT2D eigenvalue weighted by molar-refractivity contribution is 5.42. The zero-order valence-electron chi connectivity index (χ0n) is 8.74. The number of nitrogens with one attached hydrogen (secondary N) is 1. The first-order chi connectivity index (χ1) is 7.79. The fourth-order valence-corrected chi connectivity index (χ4v) is 1.22. The van der Waals surface area contributed by atoms with Crippen LogP contribution >= 0.6 is 0 Å². The average molecular weight is 224 g/mol. The maximum Gasteiger partial charge on any atom is 0.200 e. The molecule has 0 radical (unpaired) electrons. The number of aliphatic hydroxyl groups excluding tert-OH is 1. The van der Waals surface area contributed by atoms with Crippen molar-refractivity contribution in [1.82, 2.24) is 25.3 Å². The predicted molar refractivity (Wildman–Crippen MR) is 54.9 cm³/mol. The number of fused-ring (bicyclic) bond motifs is 1. The van der Waals surface area contributed by atoms with Crippen molar-refractivity contribution in [2.45, 2.75) is 6.10 Å². The topological polar surface area (TPSA) is 97.5 Å². The summed E-state index contributed by atoms with van der Waals surface area (Å²) in [5.41, 5.74) is 0.572. The summed E-state index contributed by atoms with van der Waals surface area (Å²) in [5.74, 6) is 0.593. The molecule has 0 spiro atoms. The Kier molecular flexibility index (Phi) is 3.22. The van der Waals surface area contributed by atoms with Crippen LogP contribution in [0, 0.1) is 0 Å². The van der Waals surface area contributed by atoms with E-state index in [0.29, 0.717) is 18.0 Å². The second-order valence-corrected chi connectivity index (χ2v) is 3.24. The van der Waals surface area contributed by atoms with Crippen LogP contribution in [0.1, 0.15) is 0 Å². The molecule has 1 unspecified atom stereocenters. The third-order valence-electron chi connectivity index (χ3n) is 1.95. The Morgan fingerprint density at radius 2 is 2.44 bits per heavy atom. The Morgan fingerprint density at radius 1 is 1.56 bits per heavy atom. The minimum Gasteiger partial charge on any atom is -0.389 e. The molecule has 8 heteroatoms. The lowest BCUT2D eigenvalue weighted by Gasteiger charge is -2.10. The molecule has 2 aromatic rings. The highest BCUT2D eigenvalue weighted by Gasteiger charge is 2.04. The maximum atomic E-state index is 9.42. The smallest absolute Gasteiger partial charge is 0.200 e. The molecule has 0 saturated heterocycles. The summed E-state index contributed by atoms with van der Waals surface area (Å²) in [5, 5.41) is 27.3. The molecule has 0 saturated carbocycles. The van der Waals surface area contributed by atoms with E-state index in [1.54, 1.807) is 12.1 Å². The van der Waals surface area contributed by atoms with E-state index >= 15 is 0 Å². The summed E-state index contributed by atoms with van der Waals surface area (Å²) in [6.45, 7) is 0.634. The van der Waals surface area contributed by atoms with Gasteiger partial charge in [-0.15, -0.1) is 14.8 Å². The first-order valence-corrected chi connectivity index (χ1v) is 4.76. The molecule has 0 aliphatic rings. The Hall–Kier alpha value is -1.80. The zero-order chi connectivity index (χ0) is 11.4. The Morgan fingerprint density at radius 3 is 3.25 bits per heavy atom. The third kappa shape index (κ3) is 2.41. The minimum atomic E-state index is -0.573. The quantitative estimate of drug-likeness (QED) is 0.668. The Balaban J connectivity index is 1.98. The van der Waals surface area contributed by atoms with Gasteiger partial charge in [0.25, 0.3) is 0 Å². The van der Waals surface area contributed by atoms with E-state index in [0.717, 1.165) is 0 Å². The molecule has 0 amide bonds. The van der Waals surface area contributed by atoms with E-state index in [1.165, 1.54) is 11.7 Å². The van der Waals surface area contributed by atoms with Crippen LogP contribution < -0.4 is 5.32 Å². The number of rotatable bonds is 5. The monoisotopic (exact) mass is 224 g/mol. The van der Waals surface area contributed by atoms with E-state index in [-0.39, 0.29) is 6.61 Å². The summed E-state index contributed by atoms with van der Waals surface area (Å²) in [6, 6.07) is 3.48. The summed E-state index contributed by atoms with van der Waals surface area (Å²) < 4.78 is 6.11. The van der Waals surface area contributed by atoms with Gasteiger partial charge in [0.1, 0.15) is 5.82 Å². The number of anilines is 1. The normalized spacial score (nSPS) is 12.9. The van der Waals surface area contributed by atoms with Crippen LogP contribution in [-0.4, -0.2) is 56.7 Å². The van der Waals surface area contributed by atoms with Crippen molar-refractivity contribution < 1.29 is 9.84 Å². The number of hydrogen-bond donors (Lipinski definition) is 2. The number of ether oxygens (including phenoxy) is 1. The second-order valence-electron chi connectivity index (χ2n) is 3.24. The van der Waals surface area contributed by atoms with Crippen molar-refractivity contribution >= 4 is 11.5 Å². The molecule has 16 heavy (non-hydrogen) atoms. The van der Waals surface area contributed by atoms with E-state index < -0.39 is 6.10 Å². The molecule has 2 heterocycles. The van der Waals surface area contributed by atoms with Crippen LogP contribution in [0.15, 0.2) is 12.1 Å². The van der Waals surface area contributed by atoms with Crippen molar-refractivity contribution in [3.8, 4) is 0 Å². The van der Waals surface area contributed by atoms with Crippen LogP contribution in [0.25, 0.3) is 5.65 Å². The lowest BCUT2D eigenvalue weighted by Crippen LogP contribution is -2.24. The highest BCUT2D eigenvalue weighted by atomic mass is 16.5. The molecule has 0 bridgehead atoms. The van der Waals surface area contributed by atoms with Gasteiger partial charge >= 0.3 is 0 Å². The Bertz CT molecular complexity index is 458. The fraction of sp³-hybridized carbons (Fsp3) is 0.500. The largest absolute Gasteiger partial charge is 0.389 e. The van der Waals surface area contributed by atoms with Crippen molar-refractivity contribution in [3.05, 3.63) is 12.1 Å². The summed E-state index contributed by atoms with van der Waals surface area (Å²) in [4.78, 5) is 0. The third-order valence-corrected chi connectivity index (χ3v) is 1.95. The lowest BCUT2D eigenvalue weighted by atomic mass is 10.4. The lowest BCUT2D eigenvalue weighted by molar-refractivity contribution is 0.0727. The van der Waals surface area contributed by atoms with Crippen molar-refractivity contribution in [1.29, 1.82) is 0 Å². The van der Waals surface area contributed by atoms with E-state index in [2.05, 4.69) is 25.9 Å². The first kappa shape index (κ1) is 10.7. The van der Waals surface area contributed by atoms with Crippen LogP contribution in [0.3, 0.4) is 0 Å². The van der Waals surface area contributed by atoms with Gasteiger partial charge in [-0.1, -0.05) is 0 Å². The maximum absolute atomic E-state index is 9.42. The van der Waals surface area contributed by atoms with Gasteiger partial charge in [0.2, 0.25) is 0 Å². The van der Waals surface area contributed by atoms with Gasteiger partial charge in [0, 0.05) is 13.7 Å². The van der Waals surface area contributed by atoms with Gasteiger partial charge in [-0.3, -0.25) is 0 Å². The van der Waals surface area contributed by atoms with E-state index in [4.69, 9.17) is 4.74 Å². The van der Waals surface area contributed by atoms with Gasteiger partial charge in [-0.2, -0.15) is 0 Å². The molecule has 86 valence electrons. The molecule has 0 aromatic carbocycles. The van der Waals surface area contributed by atoms with Crippen molar-refractivity contribution in [2.24, 2.45) is 0 Å². The molecule has 2 N–H and O–H groups in total. The number of nitrogens with zero attached hydrogens (tertiary/aromatic N) is 5. The molecular formula is C8H12N6O2. The number of methoxy groups -OCH3 is 1. The summed E-state index contributed by atoms with van der Waals surface area (Å²) >= 11 is 0. The van der Waals surface area contributed by atoms with Crippen LogP contribution in [0.2, 0.25) is 0 Å². The standard InChI is InChI=1S/C8H12N6O2/c1-16-5-6(15)4-9-7-2-3-8-10-12-13-14(8)11-7/h2-3,6,15H,4-5H2,1H3,(H,9,11). The average Bonchev–Trinajstić information content (AvgIpc) is 2.74. The van der Waals surface area contributed by atoms with Crippen LogP contribution in [0.5, 0.6) is 0 Å². The molecule has 2 aromatic heterocycles. The van der Waals surface area contributed by atoms with Crippen LogP contribution in [0.4, 0.5) is 5.82 Å². The SMILES string of the molecule is COCC(O)CNc1ccc2nnnn2n1. The summed E-state index contributed by atoms with van der Waals surface area (Å²) in [6.07, 6.45) is -0.573. The summed E-state index contributed by atoms with van der Waals surface area (Å²) in [7, 11) is 1.54.